The zero-order valence-electron chi connectivity index (χ0n) is 13.3. The van der Waals surface area contributed by atoms with Crippen LogP contribution in [0.2, 0.25) is 0 Å². The third kappa shape index (κ3) is 2.60. The largest absolute Gasteiger partial charge is 0.439 e. The molecule has 1 aliphatic carbocycles. The molecule has 1 aliphatic heterocycles. The van der Waals surface area contributed by atoms with Crippen LogP contribution in [0.4, 0.5) is 13.2 Å². The van der Waals surface area contributed by atoms with Crippen molar-refractivity contribution in [3.05, 3.63) is 35.4 Å². The lowest BCUT2D eigenvalue weighted by molar-refractivity contribution is -0.312. The first kappa shape index (κ1) is 17.0. The van der Waals surface area contributed by atoms with E-state index in [1.165, 1.54) is 12.1 Å². The molecule has 0 radical (unpaired) electrons. The lowest BCUT2D eigenvalue weighted by Gasteiger charge is -2.37. The molecule has 1 saturated carbocycles. The van der Waals surface area contributed by atoms with E-state index in [0.717, 1.165) is 18.4 Å². The van der Waals surface area contributed by atoms with Gasteiger partial charge in [-0.25, -0.2) is 0 Å². The Kier molecular flexibility index (Phi) is 4.15. The average Bonchev–Trinajstić information content (AvgIpc) is 2.68. The van der Waals surface area contributed by atoms with E-state index in [0.29, 0.717) is 12.8 Å². The van der Waals surface area contributed by atoms with Gasteiger partial charge in [-0.05, 0) is 38.3 Å². The fourth-order valence-electron chi connectivity index (χ4n) is 3.41. The van der Waals surface area contributed by atoms with Crippen molar-refractivity contribution < 1.29 is 23.1 Å². The van der Waals surface area contributed by atoms with Gasteiger partial charge in [0.15, 0.2) is 0 Å². The molecule has 1 amide bonds. The van der Waals surface area contributed by atoms with Gasteiger partial charge < -0.3 is 5.11 Å². The van der Waals surface area contributed by atoms with Crippen molar-refractivity contribution in [1.82, 2.24) is 5.01 Å². The van der Waals surface area contributed by atoms with Crippen LogP contribution in [0.25, 0.3) is 0 Å². The number of hydrazone groups is 1. The first-order valence-corrected chi connectivity index (χ1v) is 8.03. The topological polar surface area (TPSA) is 52.9 Å². The summed E-state index contributed by atoms with van der Waals surface area (Å²) in [5.41, 5.74) is -2.04. The number of rotatable bonds is 1. The molecule has 2 aliphatic rings. The number of hydrogen-bond donors (Lipinski definition) is 1. The molecule has 1 aromatic rings. The van der Waals surface area contributed by atoms with E-state index >= 15 is 0 Å². The summed E-state index contributed by atoms with van der Waals surface area (Å²) in [5, 5.41) is 14.7. The fraction of sp³-hybridized carbons (Fsp3) is 0.529. The Bertz CT molecular complexity index is 669. The van der Waals surface area contributed by atoms with Gasteiger partial charge in [0.25, 0.3) is 11.6 Å². The van der Waals surface area contributed by atoms with Crippen LogP contribution in [-0.2, 0) is 0 Å². The van der Waals surface area contributed by atoms with Crippen LogP contribution in [0, 0.1) is 12.8 Å². The maximum absolute atomic E-state index is 13.7. The van der Waals surface area contributed by atoms with Crippen molar-refractivity contribution in [3.63, 3.8) is 0 Å². The van der Waals surface area contributed by atoms with Crippen molar-refractivity contribution in [3.8, 4) is 0 Å². The number of fused-ring (bicyclic) bond motifs is 1. The highest BCUT2D eigenvalue weighted by Gasteiger charge is 2.68. The highest BCUT2D eigenvalue weighted by Crippen LogP contribution is 2.47. The van der Waals surface area contributed by atoms with Crippen LogP contribution >= 0.6 is 0 Å². The highest BCUT2D eigenvalue weighted by molar-refractivity contribution is 5.99. The van der Waals surface area contributed by atoms with E-state index < -0.39 is 23.7 Å². The Balaban J connectivity index is 2.03. The van der Waals surface area contributed by atoms with E-state index in [1.54, 1.807) is 12.1 Å². The molecule has 2 atom stereocenters. The molecular formula is C17H19F3N2O2. The monoisotopic (exact) mass is 340 g/mol. The van der Waals surface area contributed by atoms with Crippen molar-refractivity contribution in [2.75, 3.05) is 0 Å². The van der Waals surface area contributed by atoms with Gasteiger partial charge in [0, 0.05) is 11.3 Å². The summed E-state index contributed by atoms with van der Waals surface area (Å²) >= 11 is 0. The summed E-state index contributed by atoms with van der Waals surface area (Å²) in [6.07, 6.45) is -2.33. The Hall–Kier alpha value is -1.89. The van der Waals surface area contributed by atoms with Gasteiger partial charge in [-0.2, -0.15) is 23.3 Å². The van der Waals surface area contributed by atoms with Gasteiger partial charge >= 0.3 is 6.18 Å². The maximum Gasteiger partial charge on any atom is 0.439 e. The Labute approximate surface area is 138 Å². The summed E-state index contributed by atoms with van der Waals surface area (Å²) in [5.74, 6) is -2.12. The highest BCUT2D eigenvalue weighted by atomic mass is 19.4. The number of halogens is 3. The molecule has 130 valence electrons. The van der Waals surface area contributed by atoms with E-state index in [4.69, 9.17) is 0 Å². The fourth-order valence-corrected chi connectivity index (χ4v) is 3.41. The van der Waals surface area contributed by atoms with Gasteiger partial charge in [-0.3, -0.25) is 4.79 Å². The number of benzene rings is 1. The number of nitrogens with zero attached hydrogens (tertiary/aromatic N) is 2. The molecule has 1 heterocycles. The molecule has 0 unspecified atom stereocenters. The van der Waals surface area contributed by atoms with Crippen LogP contribution in [0.1, 0.15) is 48.0 Å². The second kappa shape index (κ2) is 5.88. The standard InChI is InChI=1S/C17H19F3N2O2/c1-11-7-9-12(10-8-11)15(23)22-16(24,17(18,19)20)13-5-3-2-4-6-14(13)21-22/h7-10,13,24H,2-6H2,1H3/t13-,16+/m1/s1. The van der Waals surface area contributed by atoms with Gasteiger partial charge in [-0.15, -0.1) is 0 Å². The number of carbonyl (C=O) groups is 1. The minimum atomic E-state index is -4.98. The van der Waals surface area contributed by atoms with Crippen molar-refractivity contribution in [2.45, 2.75) is 50.9 Å². The first-order valence-electron chi connectivity index (χ1n) is 8.03. The van der Waals surface area contributed by atoms with E-state index in [1.807, 2.05) is 6.92 Å². The summed E-state index contributed by atoms with van der Waals surface area (Å²) in [6, 6.07) is 6.17. The normalized spacial score (nSPS) is 27.5. The molecule has 0 spiro atoms. The number of hydrogen-bond acceptors (Lipinski definition) is 3. The summed E-state index contributed by atoms with van der Waals surface area (Å²) in [6.45, 7) is 1.81. The molecule has 0 aromatic heterocycles. The third-order valence-corrected chi connectivity index (χ3v) is 4.77. The van der Waals surface area contributed by atoms with Gasteiger partial charge in [0.05, 0.1) is 5.92 Å². The molecule has 4 nitrogen and oxygen atoms in total. The molecule has 24 heavy (non-hydrogen) atoms. The van der Waals surface area contributed by atoms with E-state index in [2.05, 4.69) is 5.10 Å². The average molecular weight is 340 g/mol. The van der Waals surface area contributed by atoms with Gasteiger partial charge in [0.2, 0.25) is 0 Å². The predicted molar refractivity (Wildman–Crippen MR) is 82.4 cm³/mol. The number of alkyl halides is 3. The third-order valence-electron chi connectivity index (χ3n) is 4.77. The van der Waals surface area contributed by atoms with E-state index in [9.17, 15) is 23.1 Å². The SMILES string of the molecule is Cc1ccc(C(=O)N2N=C3CCCCC[C@H]3[C@]2(O)C(F)(F)F)cc1. The quantitative estimate of drug-likeness (QED) is 0.849. The van der Waals surface area contributed by atoms with E-state index in [-0.39, 0.29) is 22.7 Å². The molecule has 7 heteroatoms. The zero-order valence-corrected chi connectivity index (χ0v) is 13.3. The zero-order chi connectivity index (χ0) is 17.5. The van der Waals surface area contributed by atoms with Crippen LogP contribution in [0.15, 0.2) is 29.4 Å². The molecule has 0 bridgehead atoms. The summed E-state index contributed by atoms with van der Waals surface area (Å²) in [7, 11) is 0. The van der Waals surface area contributed by atoms with Gasteiger partial charge in [-0.1, -0.05) is 30.5 Å². The van der Waals surface area contributed by atoms with Crippen LogP contribution in [-0.4, -0.2) is 33.6 Å². The number of carbonyl (C=O) groups excluding carboxylic acids is 1. The second-order valence-corrected chi connectivity index (χ2v) is 6.45. The number of aryl methyl sites for hydroxylation is 1. The summed E-state index contributed by atoms with van der Waals surface area (Å²) < 4.78 is 41.2. The van der Waals surface area contributed by atoms with Crippen molar-refractivity contribution in [2.24, 2.45) is 11.0 Å². The molecule has 0 saturated heterocycles. The first-order chi connectivity index (χ1) is 11.2. The molecular weight excluding hydrogens is 321 g/mol. The van der Waals surface area contributed by atoms with Crippen molar-refractivity contribution >= 4 is 11.6 Å². The second-order valence-electron chi connectivity index (χ2n) is 6.45. The molecule has 3 rings (SSSR count). The number of amides is 1. The lowest BCUT2D eigenvalue weighted by atomic mass is 9.87. The number of aliphatic hydroxyl groups is 1. The molecule has 1 fully saturated rings. The predicted octanol–water partition coefficient (Wildman–Crippen LogP) is 3.64. The Morgan fingerprint density at radius 1 is 1.25 bits per heavy atom. The lowest BCUT2D eigenvalue weighted by Crippen LogP contribution is -2.61. The smallest absolute Gasteiger partial charge is 0.362 e. The Morgan fingerprint density at radius 3 is 2.54 bits per heavy atom. The maximum atomic E-state index is 13.7. The minimum Gasteiger partial charge on any atom is -0.362 e. The molecule has 1 aromatic carbocycles. The van der Waals surface area contributed by atoms with Crippen LogP contribution in [0.3, 0.4) is 0 Å². The van der Waals surface area contributed by atoms with Crippen LogP contribution in [0.5, 0.6) is 0 Å². The van der Waals surface area contributed by atoms with Crippen molar-refractivity contribution in [1.29, 1.82) is 0 Å². The Morgan fingerprint density at radius 2 is 1.92 bits per heavy atom. The van der Waals surface area contributed by atoms with Gasteiger partial charge in [0.1, 0.15) is 0 Å². The van der Waals surface area contributed by atoms with Crippen LogP contribution < -0.4 is 0 Å². The summed E-state index contributed by atoms with van der Waals surface area (Å²) in [4.78, 5) is 12.6. The minimum absolute atomic E-state index is 0.0732. The molecule has 1 N–H and O–H groups in total.